The number of amides is 2. The molecule has 1 heterocycles. The number of aromatic nitrogens is 1. The number of benzene rings is 1. The first kappa shape index (κ1) is 17.0. The van der Waals surface area contributed by atoms with Crippen LogP contribution in [-0.4, -0.2) is 25.7 Å². The van der Waals surface area contributed by atoms with Gasteiger partial charge in [0.25, 0.3) is 0 Å². The lowest BCUT2D eigenvalue weighted by molar-refractivity contribution is 0.237. The van der Waals surface area contributed by atoms with Crippen molar-refractivity contribution in [3.8, 4) is 0 Å². The highest BCUT2D eigenvalue weighted by Gasteiger charge is 2.10. The number of hydrogen-bond donors (Lipinski definition) is 2. The van der Waals surface area contributed by atoms with Crippen molar-refractivity contribution < 1.29 is 13.2 Å². The Hall–Kier alpha value is -2.41. The van der Waals surface area contributed by atoms with Crippen LogP contribution in [-0.2, 0) is 16.4 Å². The van der Waals surface area contributed by atoms with E-state index in [9.17, 15) is 13.2 Å². The molecule has 2 amide bonds. The van der Waals surface area contributed by atoms with Crippen LogP contribution in [0.5, 0.6) is 0 Å². The molecular weight excluding hydrogens is 314 g/mol. The summed E-state index contributed by atoms with van der Waals surface area (Å²) >= 11 is 0. The Balaban J connectivity index is 1.87. The van der Waals surface area contributed by atoms with Gasteiger partial charge in [0.15, 0.2) is 9.84 Å². The zero-order chi connectivity index (χ0) is 16.9. The highest BCUT2D eigenvalue weighted by Crippen LogP contribution is 2.11. The minimum Gasteiger partial charge on any atom is -0.334 e. The number of urea groups is 1. The molecule has 0 fully saturated rings. The Morgan fingerprint density at radius 2 is 1.91 bits per heavy atom. The molecule has 122 valence electrons. The molecule has 2 rings (SSSR count). The van der Waals surface area contributed by atoms with Crippen LogP contribution in [0.4, 0.5) is 4.79 Å². The Morgan fingerprint density at radius 3 is 2.48 bits per heavy atom. The molecule has 0 bridgehead atoms. The van der Waals surface area contributed by atoms with Gasteiger partial charge in [0.05, 0.1) is 10.9 Å². The quantitative estimate of drug-likeness (QED) is 0.876. The Labute approximate surface area is 135 Å². The lowest BCUT2D eigenvalue weighted by atomic mass is 10.1. The van der Waals surface area contributed by atoms with Crippen LogP contribution in [0.1, 0.15) is 24.1 Å². The summed E-state index contributed by atoms with van der Waals surface area (Å²) in [5.41, 5.74) is 1.74. The minimum absolute atomic E-state index is 0.156. The Kier molecular flexibility index (Phi) is 5.33. The van der Waals surface area contributed by atoms with Crippen molar-refractivity contribution in [1.29, 1.82) is 0 Å². The largest absolute Gasteiger partial charge is 0.334 e. The molecular formula is C16H19N3O3S. The molecule has 7 heteroatoms. The van der Waals surface area contributed by atoms with Gasteiger partial charge in [-0.15, -0.1) is 0 Å². The molecule has 0 unspecified atom stereocenters. The maximum Gasteiger partial charge on any atom is 0.315 e. The lowest BCUT2D eigenvalue weighted by Gasteiger charge is -2.14. The maximum absolute atomic E-state index is 11.9. The van der Waals surface area contributed by atoms with Gasteiger partial charge in [-0.3, -0.25) is 4.98 Å². The van der Waals surface area contributed by atoms with Crippen LogP contribution in [0.25, 0.3) is 0 Å². The first-order valence-corrected chi connectivity index (χ1v) is 8.98. The fourth-order valence-corrected chi connectivity index (χ4v) is 2.63. The summed E-state index contributed by atoms with van der Waals surface area (Å²) < 4.78 is 22.8. The van der Waals surface area contributed by atoms with E-state index in [1.54, 1.807) is 24.5 Å². The van der Waals surface area contributed by atoms with E-state index in [-0.39, 0.29) is 17.0 Å². The fraction of sp³-hybridized carbons (Fsp3) is 0.250. The number of sulfone groups is 1. The molecule has 1 aromatic heterocycles. The predicted octanol–water partition coefficient (Wildman–Crippen LogP) is 2.05. The third-order valence-corrected chi connectivity index (χ3v) is 4.47. The number of nitrogens with zero attached hydrogens (tertiary/aromatic N) is 1. The number of rotatable bonds is 5. The molecule has 23 heavy (non-hydrogen) atoms. The van der Waals surface area contributed by atoms with Gasteiger partial charge in [-0.25, -0.2) is 13.2 Å². The summed E-state index contributed by atoms with van der Waals surface area (Å²) in [6.07, 6.45) is 4.54. The van der Waals surface area contributed by atoms with E-state index in [1.807, 2.05) is 19.1 Å². The molecule has 0 saturated heterocycles. The van der Waals surface area contributed by atoms with Gasteiger partial charge in [-0.05, 0) is 36.2 Å². The van der Waals surface area contributed by atoms with Gasteiger partial charge < -0.3 is 10.6 Å². The molecule has 0 aliphatic heterocycles. The highest BCUT2D eigenvalue weighted by molar-refractivity contribution is 7.90. The SMILES string of the molecule is C[C@@H](NC(=O)NCc1ccc(S(C)(=O)=O)cc1)c1cccnc1. The van der Waals surface area contributed by atoms with Crippen molar-refractivity contribution >= 4 is 15.9 Å². The van der Waals surface area contributed by atoms with Crippen molar-refractivity contribution in [3.63, 3.8) is 0 Å². The number of carbonyl (C=O) groups is 1. The summed E-state index contributed by atoms with van der Waals surface area (Å²) in [4.78, 5) is 16.2. The van der Waals surface area contributed by atoms with Gasteiger partial charge in [0, 0.05) is 25.2 Å². The van der Waals surface area contributed by atoms with Crippen molar-refractivity contribution in [2.75, 3.05) is 6.26 Å². The average Bonchev–Trinajstić information content (AvgIpc) is 2.53. The second-order valence-corrected chi connectivity index (χ2v) is 7.27. The van der Waals surface area contributed by atoms with E-state index in [0.717, 1.165) is 17.4 Å². The summed E-state index contributed by atoms with van der Waals surface area (Å²) in [6, 6.07) is 9.68. The van der Waals surface area contributed by atoms with E-state index in [1.165, 1.54) is 12.1 Å². The summed E-state index contributed by atoms with van der Waals surface area (Å²) in [7, 11) is -3.20. The number of nitrogens with one attached hydrogen (secondary N) is 2. The molecule has 0 saturated carbocycles. The zero-order valence-corrected chi connectivity index (χ0v) is 13.8. The number of pyridine rings is 1. The normalized spacial score (nSPS) is 12.4. The summed E-state index contributed by atoms with van der Waals surface area (Å²) in [5.74, 6) is 0. The first-order valence-electron chi connectivity index (χ1n) is 7.09. The topological polar surface area (TPSA) is 88.2 Å². The first-order chi connectivity index (χ1) is 10.9. The van der Waals surface area contributed by atoms with Crippen molar-refractivity contribution in [2.24, 2.45) is 0 Å². The van der Waals surface area contributed by atoms with Crippen LogP contribution in [0.2, 0.25) is 0 Å². The van der Waals surface area contributed by atoms with E-state index < -0.39 is 9.84 Å². The number of carbonyl (C=O) groups excluding carboxylic acids is 1. The van der Waals surface area contributed by atoms with Crippen LogP contribution >= 0.6 is 0 Å². The number of hydrogen-bond acceptors (Lipinski definition) is 4. The summed E-state index contributed by atoms with van der Waals surface area (Å²) in [6.45, 7) is 2.19. The second kappa shape index (κ2) is 7.23. The lowest BCUT2D eigenvalue weighted by Crippen LogP contribution is -2.36. The molecule has 1 aromatic carbocycles. The molecule has 0 spiro atoms. The smallest absolute Gasteiger partial charge is 0.315 e. The zero-order valence-electron chi connectivity index (χ0n) is 13.0. The molecule has 0 aliphatic rings. The third kappa shape index (κ3) is 5.07. The minimum atomic E-state index is -3.20. The molecule has 0 radical (unpaired) electrons. The Bertz CT molecular complexity index is 759. The molecule has 0 aliphatic carbocycles. The van der Waals surface area contributed by atoms with Crippen molar-refractivity contribution in [3.05, 3.63) is 59.9 Å². The summed E-state index contributed by atoms with van der Waals surface area (Å²) in [5, 5.41) is 5.55. The van der Waals surface area contributed by atoms with Crippen LogP contribution < -0.4 is 10.6 Å². The highest BCUT2D eigenvalue weighted by atomic mass is 32.2. The third-order valence-electron chi connectivity index (χ3n) is 3.34. The van der Waals surface area contributed by atoms with Crippen LogP contribution in [0, 0.1) is 0 Å². The molecule has 6 nitrogen and oxygen atoms in total. The standard InChI is InChI=1S/C16H19N3O3S/c1-12(14-4-3-9-17-11-14)19-16(20)18-10-13-5-7-15(8-6-13)23(2,21)22/h3-9,11-12H,10H2,1-2H3,(H2,18,19,20)/t12-/m1/s1. The van der Waals surface area contributed by atoms with Crippen molar-refractivity contribution in [1.82, 2.24) is 15.6 Å². The van der Waals surface area contributed by atoms with E-state index in [4.69, 9.17) is 0 Å². The van der Waals surface area contributed by atoms with Crippen LogP contribution in [0.15, 0.2) is 53.7 Å². The van der Waals surface area contributed by atoms with Gasteiger partial charge in [-0.2, -0.15) is 0 Å². The molecule has 2 N–H and O–H groups in total. The average molecular weight is 333 g/mol. The Morgan fingerprint density at radius 1 is 1.22 bits per heavy atom. The van der Waals surface area contributed by atoms with Crippen LogP contribution in [0.3, 0.4) is 0 Å². The molecule has 1 atom stereocenters. The van der Waals surface area contributed by atoms with Gasteiger partial charge in [0.2, 0.25) is 0 Å². The maximum atomic E-state index is 11.9. The monoisotopic (exact) mass is 333 g/mol. The fourth-order valence-electron chi connectivity index (χ4n) is 2.00. The van der Waals surface area contributed by atoms with Crippen molar-refractivity contribution in [2.45, 2.75) is 24.4 Å². The van der Waals surface area contributed by atoms with E-state index >= 15 is 0 Å². The molecule has 2 aromatic rings. The van der Waals surface area contributed by atoms with E-state index in [2.05, 4.69) is 15.6 Å². The van der Waals surface area contributed by atoms with Gasteiger partial charge >= 0.3 is 6.03 Å². The predicted molar refractivity (Wildman–Crippen MR) is 87.6 cm³/mol. The second-order valence-electron chi connectivity index (χ2n) is 5.25. The van der Waals surface area contributed by atoms with Gasteiger partial charge in [-0.1, -0.05) is 18.2 Å². The van der Waals surface area contributed by atoms with Gasteiger partial charge in [0.1, 0.15) is 0 Å². The van der Waals surface area contributed by atoms with E-state index in [0.29, 0.717) is 6.54 Å².